The van der Waals surface area contributed by atoms with E-state index >= 15 is 0 Å². The van der Waals surface area contributed by atoms with E-state index < -0.39 is 10.0 Å². The summed E-state index contributed by atoms with van der Waals surface area (Å²) in [6.07, 6.45) is 1.49. The van der Waals surface area contributed by atoms with Gasteiger partial charge in [0.1, 0.15) is 0 Å². The molecule has 2 N–H and O–H groups in total. The summed E-state index contributed by atoms with van der Waals surface area (Å²) in [6, 6.07) is 13.6. The van der Waals surface area contributed by atoms with Crippen molar-refractivity contribution in [2.75, 3.05) is 4.72 Å². The maximum atomic E-state index is 12.2. The molecule has 122 valence electrons. The first-order chi connectivity index (χ1) is 11.5. The average molecular weight is 362 g/mol. The average Bonchev–Trinajstić information content (AvgIpc) is 3.09. The van der Waals surface area contributed by atoms with Crippen molar-refractivity contribution in [2.45, 2.75) is 0 Å². The van der Waals surface area contributed by atoms with Crippen molar-refractivity contribution in [1.82, 2.24) is 20.6 Å². The number of hydrogen-bond donors (Lipinski definition) is 2. The van der Waals surface area contributed by atoms with E-state index in [-0.39, 0.29) is 0 Å². The van der Waals surface area contributed by atoms with Crippen molar-refractivity contribution in [3.8, 4) is 11.4 Å². The third-order valence-corrected chi connectivity index (χ3v) is 4.30. The highest BCUT2D eigenvalue weighted by atomic mass is 35.5. The number of halogens is 1. The predicted molar refractivity (Wildman–Crippen MR) is 92.6 cm³/mol. The van der Waals surface area contributed by atoms with Gasteiger partial charge in [-0.1, -0.05) is 35.9 Å². The van der Waals surface area contributed by atoms with Gasteiger partial charge in [0.2, 0.25) is 5.82 Å². The Hall–Kier alpha value is -2.71. The SMILES string of the molecule is O=S(=O)(/C=C/c1ccc(Cl)cc1)Nc1cccc(-c2nn[nH]n2)c1. The summed E-state index contributed by atoms with van der Waals surface area (Å²) in [5.41, 5.74) is 1.77. The fraction of sp³-hybridized carbons (Fsp3) is 0. The molecule has 3 aromatic rings. The fourth-order valence-electron chi connectivity index (χ4n) is 1.95. The normalized spacial score (nSPS) is 11.7. The maximum Gasteiger partial charge on any atom is 0.255 e. The first kappa shape index (κ1) is 16.2. The van der Waals surface area contributed by atoms with E-state index in [2.05, 4.69) is 25.3 Å². The summed E-state index contributed by atoms with van der Waals surface area (Å²) in [6.45, 7) is 0. The fourth-order valence-corrected chi connectivity index (χ4v) is 2.93. The number of rotatable bonds is 5. The molecular weight excluding hydrogens is 350 g/mol. The monoisotopic (exact) mass is 361 g/mol. The van der Waals surface area contributed by atoms with Crippen LogP contribution in [0.3, 0.4) is 0 Å². The van der Waals surface area contributed by atoms with Crippen LogP contribution in [0.1, 0.15) is 5.56 Å². The maximum absolute atomic E-state index is 12.2. The Morgan fingerprint density at radius 2 is 1.92 bits per heavy atom. The number of nitrogens with zero attached hydrogens (tertiary/aromatic N) is 3. The van der Waals surface area contributed by atoms with E-state index in [0.717, 1.165) is 11.0 Å². The van der Waals surface area contributed by atoms with E-state index in [1.165, 1.54) is 6.08 Å². The molecule has 1 heterocycles. The molecule has 3 rings (SSSR count). The lowest BCUT2D eigenvalue weighted by Gasteiger charge is -2.05. The number of H-pyrrole nitrogens is 1. The third kappa shape index (κ3) is 4.18. The van der Waals surface area contributed by atoms with Gasteiger partial charge in [0.15, 0.2) is 0 Å². The van der Waals surface area contributed by atoms with Crippen LogP contribution in [0, 0.1) is 0 Å². The largest absolute Gasteiger partial charge is 0.280 e. The molecule has 2 aromatic carbocycles. The Bertz CT molecular complexity index is 954. The van der Waals surface area contributed by atoms with Crippen LogP contribution in [0.25, 0.3) is 17.5 Å². The summed E-state index contributed by atoms with van der Waals surface area (Å²) in [7, 11) is -3.66. The quantitative estimate of drug-likeness (QED) is 0.727. The van der Waals surface area contributed by atoms with Gasteiger partial charge < -0.3 is 0 Å². The van der Waals surface area contributed by atoms with E-state index in [4.69, 9.17) is 11.6 Å². The van der Waals surface area contributed by atoms with Crippen molar-refractivity contribution < 1.29 is 8.42 Å². The second-order valence-corrected chi connectivity index (χ2v) is 6.82. The highest BCUT2D eigenvalue weighted by Crippen LogP contribution is 2.19. The Kier molecular flexibility index (Phi) is 4.59. The summed E-state index contributed by atoms with van der Waals surface area (Å²) >= 11 is 5.79. The van der Waals surface area contributed by atoms with Crippen LogP contribution in [0.15, 0.2) is 53.9 Å². The zero-order valence-corrected chi connectivity index (χ0v) is 13.8. The zero-order chi connectivity index (χ0) is 17.0. The van der Waals surface area contributed by atoms with Crippen LogP contribution in [0.4, 0.5) is 5.69 Å². The molecule has 7 nitrogen and oxygen atoms in total. The highest BCUT2D eigenvalue weighted by Gasteiger charge is 2.08. The van der Waals surface area contributed by atoms with Crippen LogP contribution in [0.2, 0.25) is 5.02 Å². The summed E-state index contributed by atoms with van der Waals surface area (Å²) in [5.74, 6) is 0.382. The van der Waals surface area contributed by atoms with Crippen molar-refractivity contribution in [2.24, 2.45) is 0 Å². The molecule has 0 bridgehead atoms. The number of tetrazole rings is 1. The summed E-state index contributed by atoms with van der Waals surface area (Å²) in [4.78, 5) is 0. The van der Waals surface area contributed by atoms with Crippen LogP contribution in [-0.2, 0) is 10.0 Å². The molecule has 0 unspecified atom stereocenters. The molecule has 0 radical (unpaired) electrons. The predicted octanol–water partition coefficient (Wildman–Crippen LogP) is 2.93. The molecule has 0 fully saturated rings. The first-order valence-corrected chi connectivity index (χ1v) is 8.75. The number of aromatic amines is 1. The van der Waals surface area contributed by atoms with Crippen molar-refractivity contribution in [3.63, 3.8) is 0 Å². The summed E-state index contributed by atoms with van der Waals surface area (Å²) < 4.78 is 26.8. The molecule has 0 saturated heterocycles. The van der Waals surface area contributed by atoms with Gasteiger partial charge in [0.05, 0.1) is 5.41 Å². The molecule has 0 aliphatic heterocycles. The number of anilines is 1. The van der Waals surface area contributed by atoms with Crippen molar-refractivity contribution in [3.05, 3.63) is 64.5 Å². The van der Waals surface area contributed by atoms with E-state index in [1.807, 2.05) is 0 Å². The van der Waals surface area contributed by atoms with Gasteiger partial charge in [-0.2, -0.15) is 5.21 Å². The van der Waals surface area contributed by atoms with Crippen LogP contribution in [0.5, 0.6) is 0 Å². The van der Waals surface area contributed by atoms with Crippen LogP contribution >= 0.6 is 11.6 Å². The minimum Gasteiger partial charge on any atom is -0.280 e. The van der Waals surface area contributed by atoms with Crippen LogP contribution < -0.4 is 4.72 Å². The number of sulfonamides is 1. The molecule has 0 aliphatic rings. The Morgan fingerprint density at radius 1 is 1.12 bits per heavy atom. The summed E-state index contributed by atoms with van der Waals surface area (Å²) in [5, 5.41) is 15.2. The highest BCUT2D eigenvalue weighted by molar-refractivity contribution is 7.95. The Labute approximate surface area is 143 Å². The lowest BCUT2D eigenvalue weighted by atomic mass is 10.2. The molecule has 0 atom stereocenters. The van der Waals surface area contributed by atoms with Gasteiger partial charge in [-0.25, -0.2) is 8.42 Å². The second kappa shape index (κ2) is 6.81. The third-order valence-electron chi connectivity index (χ3n) is 3.04. The van der Waals surface area contributed by atoms with Gasteiger partial charge in [-0.3, -0.25) is 4.72 Å². The van der Waals surface area contributed by atoms with Crippen LogP contribution in [-0.4, -0.2) is 29.0 Å². The second-order valence-electron chi connectivity index (χ2n) is 4.82. The number of hydrogen-bond acceptors (Lipinski definition) is 5. The molecule has 0 saturated carbocycles. The number of nitrogens with one attached hydrogen (secondary N) is 2. The molecule has 1 aromatic heterocycles. The molecule has 0 amide bonds. The molecule has 9 heteroatoms. The zero-order valence-electron chi connectivity index (χ0n) is 12.2. The minimum absolute atomic E-state index is 0.382. The van der Waals surface area contributed by atoms with Gasteiger partial charge >= 0.3 is 0 Å². The topological polar surface area (TPSA) is 101 Å². The van der Waals surface area contributed by atoms with E-state index in [0.29, 0.717) is 22.1 Å². The lowest BCUT2D eigenvalue weighted by Crippen LogP contribution is -2.08. The molecule has 24 heavy (non-hydrogen) atoms. The Morgan fingerprint density at radius 3 is 2.62 bits per heavy atom. The van der Waals surface area contributed by atoms with Crippen molar-refractivity contribution >= 4 is 33.4 Å². The molecular formula is C15H12ClN5O2S. The molecule has 0 spiro atoms. The lowest BCUT2D eigenvalue weighted by molar-refractivity contribution is 0.609. The van der Waals surface area contributed by atoms with Gasteiger partial charge in [0.25, 0.3) is 10.0 Å². The van der Waals surface area contributed by atoms with E-state index in [1.54, 1.807) is 48.5 Å². The van der Waals surface area contributed by atoms with Crippen molar-refractivity contribution in [1.29, 1.82) is 0 Å². The number of aromatic nitrogens is 4. The number of benzene rings is 2. The standard InChI is InChI=1S/C15H12ClN5O2S/c16-13-6-4-11(5-7-13)8-9-24(22,23)19-14-3-1-2-12(10-14)15-17-20-21-18-15/h1-10,19H,(H,17,18,20,21)/b9-8+. The van der Waals surface area contributed by atoms with Gasteiger partial charge in [-0.05, 0) is 41.1 Å². The van der Waals surface area contributed by atoms with E-state index in [9.17, 15) is 8.42 Å². The Balaban J connectivity index is 1.77. The molecule has 0 aliphatic carbocycles. The van der Waals surface area contributed by atoms with Gasteiger partial charge in [-0.15, -0.1) is 10.2 Å². The smallest absolute Gasteiger partial charge is 0.255 e. The first-order valence-electron chi connectivity index (χ1n) is 6.82. The minimum atomic E-state index is -3.66. The van der Waals surface area contributed by atoms with Gasteiger partial charge in [0, 0.05) is 16.3 Å².